The van der Waals surface area contributed by atoms with Crippen LogP contribution in [0.5, 0.6) is 11.5 Å². The van der Waals surface area contributed by atoms with Gasteiger partial charge in [-0.15, -0.1) is 0 Å². The van der Waals surface area contributed by atoms with Gasteiger partial charge in [-0.05, 0) is 98.7 Å². The molecule has 7 atom stereocenters. The van der Waals surface area contributed by atoms with E-state index >= 15 is 0 Å². The van der Waals surface area contributed by atoms with Crippen LogP contribution in [0.3, 0.4) is 0 Å². The molecule has 3 heterocycles. The number of ether oxygens (including phenoxy) is 4. The molecular weight excluding hydrogens is 776 g/mol. The number of aryl methyl sites for hydroxylation is 1. The van der Waals surface area contributed by atoms with Gasteiger partial charge in [0.25, 0.3) is 5.56 Å². The number of nitrogens with zero attached hydrogens (tertiary/aromatic N) is 1. The number of allylic oxidation sites excluding steroid dienone is 1. The third-order valence-corrected chi connectivity index (χ3v) is 16.8. The lowest BCUT2D eigenvalue weighted by Crippen LogP contribution is -2.39. The SMILES string of the molecule is C=C(C)[C@H]1CC[C@@]2(C)S[P@@](=S)(O[C@H]3C[C@H](n4cc(C)c(=O)[nH]c4=O)O[C@@H]3COC(c3ccccc3)(c3ccc(OC)cc3)c3ccc(OC)cc3)O[C@@H]2C1.S. The van der Waals surface area contributed by atoms with Crippen LogP contribution >= 0.6 is 30.6 Å². The number of hydrogen-bond donors (Lipinski definition) is 1. The van der Waals surface area contributed by atoms with Crippen LogP contribution in [0.1, 0.15) is 68.0 Å². The lowest BCUT2D eigenvalue weighted by atomic mass is 9.77. The zero-order valence-electron chi connectivity index (χ0n) is 31.7. The van der Waals surface area contributed by atoms with Gasteiger partial charge in [0.2, 0.25) is 5.69 Å². The first-order valence-electron chi connectivity index (χ1n) is 18.2. The van der Waals surface area contributed by atoms with Gasteiger partial charge in [0.1, 0.15) is 29.4 Å². The molecule has 0 spiro atoms. The number of aromatic amines is 1. The van der Waals surface area contributed by atoms with Gasteiger partial charge in [0.15, 0.2) is 0 Å². The summed E-state index contributed by atoms with van der Waals surface area (Å²) in [5, 5.41) is 0. The van der Waals surface area contributed by atoms with Gasteiger partial charge in [-0.25, -0.2) is 4.79 Å². The van der Waals surface area contributed by atoms with Gasteiger partial charge in [0, 0.05) is 22.9 Å². The number of benzene rings is 3. The summed E-state index contributed by atoms with van der Waals surface area (Å²) in [6.07, 6.45) is 2.59. The molecule has 0 unspecified atom stereocenters. The molecule has 4 aromatic rings. The summed E-state index contributed by atoms with van der Waals surface area (Å²) in [4.78, 5) is 27.9. The highest BCUT2D eigenvalue weighted by atomic mass is 32.9. The number of rotatable bonds is 12. The van der Waals surface area contributed by atoms with E-state index in [9.17, 15) is 9.59 Å². The first-order chi connectivity index (χ1) is 25.9. The van der Waals surface area contributed by atoms with Gasteiger partial charge in [0.05, 0.1) is 33.0 Å². The number of hydrogen-bond acceptors (Lipinski definition) is 10. The minimum absolute atomic E-state index is 0. The standard InChI is InChI=1S/C41H47N2O8PS2.H2S/c1-26(2)28-20-21-40(4)36(22-28)51-52(53,54-40)50-34-23-37(43-24-27(3)38(44)42-39(43)45)49-35(34)25-48-41(29-10-8-7-9-11-29,30-12-16-32(46-5)17-13-30)31-14-18-33(47-6)19-15-31;/h7-19,24,28,34-37H,1,20-23,25H2,2-6H3,(H,42,44,45);1H2/t28-,34-,35+,36+,37+,40+,52-;/m0./s1. The van der Waals surface area contributed by atoms with Crippen LogP contribution in [0.15, 0.2) is 107 Å². The molecule has 0 bridgehead atoms. The number of aromatic nitrogens is 2. The Morgan fingerprint density at radius 3 is 2.18 bits per heavy atom. The Morgan fingerprint density at radius 2 is 1.60 bits per heavy atom. The van der Waals surface area contributed by atoms with E-state index in [1.54, 1.807) is 32.5 Å². The third kappa shape index (κ3) is 8.32. The van der Waals surface area contributed by atoms with Gasteiger partial charge >= 0.3 is 5.69 Å². The van der Waals surface area contributed by atoms with Crippen LogP contribution in [0, 0.1) is 12.8 Å². The Kier molecular flexibility index (Phi) is 12.7. The molecule has 55 heavy (non-hydrogen) atoms. The second-order valence-corrected chi connectivity index (χ2v) is 21.1. The van der Waals surface area contributed by atoms with E-state index in [1.165, 1.54) is 10.8 Å². The average molecular weight is 825 g/mol. The molecule has 0 radical (unpaired) electrons. The topological polar surface area (TPSA) is 110 Å². The third-order valence-electron chi connectivity index (χ3n) is 11.0. The van der Waals surface area contributed by atoms with Crippen molar-refractivity contribution < 1.29 is 28.0 Å². The smallest absolute Gasteiger partial charge is 0.330 e. The number of methoxy groups -OCH3 is 2. The Balaban J connectivity index is 0.00000514. The zero-order chi connectivity index (χ0) is 38.3. The van der Waals surface area contributed by atoms with Gasteiger partial charge in [-0.3, -0.25) is 14.3 Å². The van der Waals surface area contributed by atoms with Crippen molar-refractivity contribution in [2.45, 2.75) is 81.3 Å². The van der Waals surface area contributed by atoms with E-state index in [0.29, 0.717) is 29.4 Å². The van der Waals surface area contributed by atoms with E-state index in [-0.39, 0.29) is 31.0 Å². The van der Waals surface area contributed by atoms with Crippen molar-refractivity contribution in [3.63, 3.8) is 0 Å². The maximum absolute atomic E-state index is 13.2. The fourth-order valence-corrected chi connectivity index (χ4v) is 15.4. The summed E-state index contributed by atoms with van der Waals surface area (Å²) in [5.74, 6) is 1.80. The lowest BCUT2D eigenvalue weighted by molar-refractivity contribution is -0.0917. The first kappa shape index (κ1) is 41.5. The second kappa shape index (κ2) is 16.8. The van der Waals surface area contributed by atoms with Gasteiger partial charge < -0.3 is 28.0 Å². The van der Waals surface area contributed by atoms with Crippen molar-refractivity contribution in [2.75, 3.05) is 20.8 Å². The quantitative estimate of drug-likeness (QED) is 0.0855. The molecule has 3 aliphatic rings. The highest BCUT2D eigenvalue weighted by Gasteiger charge is 2.55. The first-order valence-corrected chi connectivity index (χ1v) is 22.2. The fraction of sp³-hybridized carbons (Fsp3) is 0.415. The monoisotopic (exact) mass is 824 g/mol. The van der Waals surface area contributed by atoms with Gasteiger partial charge in [-0.2, -0.15) is 13.5 Å². The number of H-pyrrole nitrogens is 1. The van der Waals surface area contributed by atoms with Crippen LogP contribution < -0.4 is 20.7 Å². The molecule has 1 aromatic heterocycles. The number of fused-ring (bicyclic) bond motifs is 1. The van der Waals surface area contributed by atoms with Crippen LogP contribution in [-0.4, -0.2) is 53.4 Å². The summed E-state index contributed by atoms with van der Waals surface area (Å²) in [7, 11) is 3.27. The van der Waals surface area contributed by atoms with Crippen molar-refractivity contribution in [1.82, 2.24) is 9.55 Å². The molecule has 3 fully saturated rings. The molecule has 14 heteroatoms. The minimum Gasteiger partial charge on any atom is -0.497 e. The van der Waals surface area contributed by atoms with Crippen molar-refractivity contribution >= 4 is 42.4 Å². The molecule has 7 rings (SSSR count). The van der Waals surface area contributed by atoms with Gasteiger partial charge in [-0.1, -0.05) is 78.1 Å². The van der Waals surface area contributed by atoms with E-state index in [2.05, 4.69) is 25.4 Å². The lowest BCUT2D eigenvalue weighted by Gasteiger charge is -2.37. The van der Waals surface area contributed by atoms with Crippen LogP contribution in [0.2, 0.25) is 0 Å². The summed E-state index contributed by atoms with van der Waals surface area (Å²) in [6.45, 7) is 10.2. The molecule has 2 saturated heterocycles. The molecule has 2 aliphatic heterocycles. The van der Waals surface area contributed by atoms with Crippen LogP contribution in [0.4, 0.5) is 0 Å². The summed E-state index contributed by atoms with van der Waals surface area (Å²) >= 11 is 7.92. The Labute approximate surface area is 338 Å². The highest BCUT2D eigenvalue weighted by Crippen LogP contribution is 2.76. The molecule has 1 aliphatic carbocycles. The Hall–Kier alpha value is -3.13. The predicted molar refractivity (Wildman–Crippen MR) is 225 cm³/mol. The van der Waals surface area contributed by atoms with Crippen LogP contribution in [-0.2, 0) is 35.9 Å². The molecule has 294 valence electrons. The average Bonchev–Trinajstić information content (AvgIpc) is 3.69. The van der Waals surface area contributed by atoms with E-state index < -0.39 is 41.0 Å². The maximum atomic E-state index is 13.2. The second-order valence-electron chi connectivity index (χ2n) is 14.6. The molecule has 0 amide bonds. The maximum Gasteiger partial charge on any atom is 0.330 e. The minimum atomic E-state index is -2.88. The summed E-state index contributed by atoms with van der Waals surface area (Å²) < 4.78 is 39.9. The number of nitrogens with one attached hydrogen (secondary N) is 1. The largest absolute Gasteiger partial charge is 0.497 e. The van der Waals surface area contributed by atoms with Crippen molar-refractivity contribution in [3.05, 3.63) is 140 Å². The van der Waals surface area contributed by atoms with E-state index in [1.807, 2.05) is 78.9 Å². The van der Waals surface area contributed by atoms with E-state index in [4.69, 9.17) is 39.8 Å². The van der Waals surface area contributed by atoms with Crippen molar-refractivity contribution in [2.24, 2.45) is 5.92 Å². The summed E-state index contributed by atoms with van der Waals surface area (Å²) in [5.41, 5.74) is -0.818. The fourth-order valence-electron chi connectivity index (χ4n) is 7.81. The Morgan fingerprint density at radius 1 is 1.00 bits per heavy atom. The predicted octanol–water partition coefficient (Wildman–Crippen LogP) is 8.15. The molecule has 1 N–H and O–H groups in total. The Bertz CT molecular complexity index is 2100. The molecular formula is C41H49N2O8PS3. The van der Waals surface area contributed by atoms with Crippen molar-refractivity contribution in [3.8, 4) is 11.5 Å². The molecule has 10 nitrogen and oxygen atoms in total. The highest BCUT2D eigenvalue weighted by molar-refractivity contribution is 8.68. The van der Waals surface area contributed by atoms with Crippen molar-refractivity contribution in [1.29, 1.82) is 0 Å². The van der Waals surface area contributed by atoms with E-state index in [0.717, 1.165) is 41.5 Å². The zero-order valence-corrected chi connectivity index (χ0v) is 35.2. The normalized spacial score (nSPS) is 27.5. The summed E-state index contributed by atoms with van der Waals surface area (Å²) in [6, 6.07) is 25.7. The molecule has 1 saturated carbocycles. The molecule has 3 aromatic carbocycles. The van der Waals surface area contributed by atoms with Crippen LogP contribution in [0.25, 0.3) is 0 Å².